The summed E-state index contributed by atoms with van der Waals surface area (Å²) in [7, 11) is 0. The average Bonchev–Trinajstić information content (AvgIpc) is 2.15. The Labute approximate surface area is 102 Å². The number of hydrogen-bond acceptors (Lipinski definition) is 2. The molecule has 0 aromatic carbocycles. The molecule has 0 aliphatic heterocycles. The second-order valence-corrected chi connectivity index (χ2v) is 4.66. The van der Waals surface area contributed by atoms with E-state index in [2.05, 4.69) is 10.6 Å². The number of amides is 2. The van der Waals surface area contributed by atoms with Crippen molar-refractivity contribution in [3.05, 3.63) is 11.6 Å². The predicted molar refractivity (Wildman–Crippen MR) is 66.8 cm³/mol. The molecule has 3 N–H and O–H groups in total. The van der Waals surface area contributed by atoms with Crippen LogP contribution < -0.4 is 10.6 Å². The number of urea groups is 1. The van der Waals surface area contributed by atoms with Gasteiger partial charge in [-0.2, -0.15) is 0 Å². The monoisotopic (exact) mass is 242 g/mol. The van der Waals surface area contributed by atoms with Gasteiger partial charge in [-0.1, -0.05) is 25.5 Å². The summed E-state index contributed by atoms with van der Waals surface area (Å²) >= 11 is 0. The summed E-state index contributed by atoms with van der Waals surface area (Å²) in [6, 6.07) is -1.28. The van der Waals surface area contributed by atoms with Crippen LogP contribution in [-0.2, 0) is 4.79 Å². The van der Waals surface area contributed by atoms with Gasteiger partial charge in [0.1, 0.15) is 6.04 Å². The molecule has 0 unspecified atom stereocenters. The molecule has 0 fully saturated rings. The SMILES string of the molecule is CC(C)=CCNC(=O)N[C@@H](CC(C)C)C(=O)O. The third kappa shape index (κ3) is 8.30. The van der Waals surface area contributed by atoms with E-state index >= 15 is 0 Å². The van der Waals surface area contributed by atoms with Crippen molar-refractivity contribution in [1.29, 1.82) is 0 Å². The van der Waals surface area contributed by atoms with E-state index in [1.807, 2.05) is 33.8 Å². The van der Waals surface area contributed by atoms with Gasteiger partial charge < -0.3 is 15.7 Å². The third-order valence-corrected chi connectivity index (χ3v) is 2.08. The molecular weight excluding hydrogens is 220 g/mol. The van der Waals surface area contributed by atoms with Crippen LogP contribution in [0.25, 0.3) is 0 Å². The van der Waals surface area contributed by atoms with Crippen LogP contribution in [0.2, 0.25) is 0 Å². The molecule has 17 heavy (non-hydrogen) atoms. The number of carboxylic acids is 1. The lowest BCUT2D eigenvalue weighted by atomic mass is 10.0. The van der Waals surface area contributed by atoms with Gasteiger partial charge in [0.15, 0.2) is 0 Å². The first-order valence-electron chi connectivity index (χ1n) is 5.73. The van der Waals surface area contributed by atoms with E-state index in [4.69, 9.17) is 5.11 Å². The van der Waals surface area contributed by atoms with Gasteiger partial charge in [-0.05, 0) is 26.2 Å². The maximum Gasteiger partial charge on any atom is 0.326 e. The molecule has 0 aromatic rings. The number of rotatable bonds is 6. The van der Waals surface area contributed by atoms with Gasteiger partial charge in [0.05, 0.1) is 0 Å². The first kappa shape index (κ1) is 15.5. The molecule has 0 radical (unpaired) electrons. The van der Waals surface area contributed by atoms with Gasteiger partial charge in [0.2, 0.25) is 0 Å². The first-order chi connectivity index (χ1) is 7.82. The largest absolute Gasteiger partial charge is 0.480 e. The molecule has 0 rings (SSSR count). The average molecular weight is 242 g/mol. The fourth-order valence-corrected chi connectivity index (χ4v) is 1.25. The zero-order chi connectivity index (χ0) is 13.4. The highest BCUT2D eigenvalue weighted by molar-refractivity contribution is 5.82. The lowest BCUT2D eigenvalue weighted by molar-refractivity contribution is -0.139. The van der Waals surface area contributed by atoms with Crippen LogP contribution in [0.15, 0.2) is 11.6 Å². The molecule has 0 aliphatic rings. The molecule has 2 amide bonds. The van der Waals surface area contributed by atoms with Crippen LogP contribution in [0.5, 0.6) is 0 Å². The highest BCUT2D eigenvalue weighted by atomic mass is 16.4. The molecule has 0 saturated heterocycles. The van der Waals surface area contributed by atoms with Crippen LogP contribution >= 0.6 is 0 Å². The molecule has 0 saturated carbocycles. The minimum absolute atomic E-state index is 0.217. The number of carbonyl (C=O) groups is 2. The van der Waals surface area contributed by atoms with E-state index in [9.17, 15) is 9.59 Å². The lowest BCUT2D eigenvalue weighted by Gasteiger charge is -2.16. The number of carboxylic acid groups (broad SMARTS) is 1. The fraction of sp³-hybridized carbons (Fsp3) is 0.667. The molecule has 5 heteroatoms. The van der Waals surface area contributed by atoms with Crippen molar-refractivity contribution in [1.82, 2.24) is 10.6 Å². The van der Waals surface area contributed by atoms with Crippen molar-refractivity contribution in [2.24, 2.45) is 5.92 Å². The van der Waals surface area contributed by atoms with Gasteiger partial charge in [-0.15, -0.1) is 0 Å². The van der Waals surface area contributed by atoms with Gasteiger partial charge >= 0.3 is 12.0 Å². The Kier molecular flexibility index (Phi) is 7.02. The molecule has 0 heterocycles. The molecule has 1 atom stereocenters. The Balaban J connectivity index is 4.13. The van der Waals surface area contributed by atoms with Crippen LogP contribution in [0, 0.1) is 5.92 Å². The van der Waals surface area contributed by atoms with Crippen molar-refractivity contribution in [3.8, 4) is 0 Å². The molecule has 0 aromatic heterocycles. The summed E-state index contributed by atoms with van der Waals surface area (Å²) < 4.78 is 0. The number of carbonyl (C=O) groups excluding carboxylic acids is 1. The smallest absolute Gasteiger partial charge is 0.326 e. The predicted octanol–water partition coefficient (Wildman–Crippen LogP) is 1.75. The summed E-state index contributed by atoms with van der Waals surface area (Å²) in [6.07, 6.45) is 2.28. The highest BCUT2D eigenvalue weighted by Crippen LogP contribution is 2.04. The van der Waals surface area contributed by atoms with Crippen LogP contribution in [0.3, 0.4) is 0 Å². The Morgan fingerprint density at radius 2 is 1.88 bits per heavy atom. The minimum Gasteiger partial charge on any atom is -0.480 e. The molecule has 0 aliphatic carbocycles. The van der Waals surface area contributed by atoms with Gasteiger partial charge in [-0.3, -0.25) is 0 Å². The minimum atomic E-state index is -1.00. The van der Waals surface area contributed by atoms with E-state index in [0.29, 0.717) is 13.0 Å². The van der Waals surface area contributed by atoms with Crippen molar-refractivity contribution < 1.29 is 14.7 Å². The third-order valence-electron chi connectivity index (χ3n) is 2.08. The normalized spacial score (nSPS) is 11.8. The van der Waals surface area contributed by atoms with E-state index < -0.39 is 18.0 Å². The van der Waals surface area contributed by atoms with Crippen molar-refractivity contribution in [2.45, 2.75) is 40.2 Å². The van der Waals surface area contributed by atoms with Crippen molar-refractivity contribution in [3.63, 3.8) is 0 Å². The van der Waals surface area contributed by atoms with Gasteiger partial charge in [-0.25, -0.2) is 9.59 Å². The summed E-state index contributed by atoms with van der Waals surface area (Å²) in [6.45, 7) is 8.09. The second-order valence-electron chi connectivity index (χ2n) is 4.66. The number of hydrogen-bond donors (Lipinski definition) is 3. The van der Waals surface area contributed by atoms with E-state index in [1.165, 1.54) is 0 Å². The summed E-state index contributed by atoms with van der Waals surface area (Å²) in [4.78, 5) is 22.3. The zero-order valence-electron chi connectivity index (χ0n) is 10.9. The van der Waals surface area contributed by atoms with Crippen LogP contribution in [0.1, 0.15) is 34.1 Å². The van der Waals surface area contributed by atoms with E-state index in [0.717, 1.165) is 5.57 Å². The Morgan fingerprint density at radius 1 is 1.29 bits per heavy atom. The van der Waals surface area contributed by atoms with Crippen LogP contribution in [-0.4, -0.2) is 29.7 Å². The Bertz CT molecular complexity index is 294. The quantitative estimate of drug-likeness (QED) is 0.621. The highest BCUT2D eigenvalue weighted by Gasteiger charge is 2.20. The lowest BCUT2D eigenvalue weighted by Crippen LogP contribution is -2.46. The van der Waals surface area contributed by atoms with Crippen molar-refractivity contribution in [2.75, 3.05) is 6.54 Å². The Morgan fingerprint density at radius 3 is 2.29 bits per heavy atom. The summed E-state index contributed by atoms with van der Waals surface area (Å²) in [5.41, 5.74) is 1.10. The standard InChI is InChI=1S/C12H22N2O3/c1-8(2)5-6-13-12(17)14-10(11(15)16)7-9(3)4/h5,9-10H,6-7H2,1-4H3,(H,15,16)(H2,13,14,17)/t10-/m0/s1. The Hall–Kier alpha value is -1.52. The molecule has 5 nitrogen and oxygen atoms in total. The van der Waals surface area contributed by atoms with E-state index in [1.54, 1.807) is 0 Å². The number of nitrogens with one attached hydrogen (secondary N) is 2. The molecule has 0 bridgehead atoms. The number of aliphatic carboxylic acids is 1. The topological polar surface area (TPSA) is 78.4 Å². The first-order valence-corrected chi connectivity index (χ1v) is 5.73. The number of allylic oxidation sites excluding steroid dienone is 1. The molecular formula is C12H22N2O3. The maximum absolute atomic E-state index is 11.4. The second kappa shape index (κ2) is 7.70. The zero-order valence-corrected chi connectivity index (χ0v) is 10.9. The molecule has 98 valence electrons. The van der Waals surface area contributed by atoms with E-state index in [-0.39, 0.29) is 5.92 Å². The summed E-state index contributed by atoms with van der Waals surface area (Å²) in [5.74, 6) is -0.787. The summed E-state index contributed by atoms with van der Waals surface area (Å²) in [5, 5.41) is 14.0. The molecule has 0 spiro atoms. The van der Waals surface area contributed by atoms with Gasteiger partial charge in [0, 0.05) is 6.54 Å². The van der Waals surface area contributed by atoms with Crippen LogP contribution in [0.4, 0.5) is 4.79 Å². The van der Waals surface area contributed by atoms with Crippen molar-refractivity contribution >= 4 is 12.0 Å². The fourth-order valence-electron chi connectivity index (χ4n) is 1.25. The maximum atomic E-state index is 11.4. The van der Waals surface area contributed by atoms with Gasteiger partial charge in [0.25, 0.3) is 0 Å².